The molecule has 1 aliphatic rings. The molecule has 1 saturated heterocycles. The van der Waals surface area contributed by atoms with Gasteiger partial charge in [0.1, 0.15) is 5.75 Å². The van der Waals surface area contributed by atoms with Crippen molar-refractivity contribution in [1.29, 1.82) is 0 Å². The Morgan fingerprint density at radius 2 is 2.07 bits per heavy atom. The molecule has 1 aromatic carbocycles. The molecule has 0 bridgehead atoms. The second kappa shape index (κ2) is 9.50. The Morgan fingerprint density at radius 3 is 2.81 bits per heavy atom. The first-order valence-corrected chi connectivity index (χ1v) is 9.72. The SMILES string of the molecule is CC(=O)c1nc(NCCCOc2cccc(CN3CCCCC3)c2)n(C)n1. The van der Waals surface area contributed by atoms with Crippen molar-refractivity contribution >= 4 is 11.7 Å². The largest absolute Gasteiger partial charge is 0.494 e. The topological polar surface area (TPSA) is 72.3 Å². The fourth-order valence-corrected chi connectivity index (χ4v) is 3.26. The number of hydrogen-bond donors (Lipinski definition) is 1. The Bertz CT molecular complexity index is 753. The van der Waals surface area contributed by atoms with Gasteiger partial charge < -0.3 is 10.1 Å². The number of rotatable bonds is 9. The lowest BCUT2D eigenvalue weighted by Crippen LogP contribution is -2.29. The number of ether oxygens (including phenoxy) is 1. The molecule has 27 heavy (non-hydrogen) atoms. The Balaban J connectivity index is 1.40. The molecule has 0 aliphatic carbocycles. The maximum atomic E-state index is 11.3. The lowest BCUT2D eigenvalue weighted by Gasteiger charge is -2.26. The zero-order valence-electron chi connectivity index (χ0n) is 16.3. The number of Topliss-reactive ketones (excluding diaryl/α,β-unsaturated/α-hetero) is 1. The fraction of sp³-hybridized carbons (Fsp3) is 0.550. The van der Waals surface area contributed by atoms with Gasteiger partial charge in [-0.25, -0.2) is 4.68 Å². The average molecular weight is 371 g/mol. The van der Waals surface area contributed by atoms with Crippen molar-refractivity contribution in [3.8, 4) is 5.75 Å². The lowest BCUT2D eigenvalue weighted by molar-refractivity contribution is 0.100. The predicted molar refractivity (Wildman–Crippen MR) is 105 cm³/mol. The van der Waals surface area contributed by atoms with Crippen molar-refractivity contribution in [1.82, 2.24) is 19.7 Å². The van der Waals surface area contributed by atoms with E-state index in [0.29, 0.717) is 19.1 Å². The van der Waals surface area contributed by atoms with Crippen LogP contribution in [-0.2, 0) is 13.6 Å². The van der Waals surface area contributed by atoms with Crippen LogP contribution in [0, 0.1) is 0 Å². The number of hydrogen-bond acceptors (Lipinski definition) is 6. The maximum absolute atomic E-state index is 11.3. The fourth-order valence-electron chi connectivity index (χ4n) is 3.26. The average Bonchev–Trinajstić information content (AvgIpc) is 3.04. The molecule has 0 unspecified atom stereocenters. The van der Waals surface area contributed by atoms with Crippen LogP contribution in [0.4, 0.5) is 5.95 Å². The molecule has 0 spiro atoms. The molecule has 146 valence electrons. The number of aryl methyl sites for hydroxylation is 1. The Hall–Kier alpha value is -2.41. The second-order valence-electron chi connectivity index (χ2n) is 7.05. The number of ketones is 1. The van der Waals surface area contributed by atoms with Crippen molar-refractivity contribution in [3.63, 3.8) is 0 Å². The highest BCUT2D eigenvalue weighted by atomic mass is 16.5. The van der Waals surface area contributed by atoms with Crippen LogP contribution in [0.5, 0.6) is 5.75 Å². The number of nitrogens with one attached hydrogen (secondary N) is 1. The maximum Gasteiger partial charge on any atom is 0.221 e. The number of benzene rings is 1. The summed E-state index contributed by atoms with van der Waals surface area (Å²) in [6.45, 7) is 6.19. The van der Waals surface area contributed by atoms with Crippen LogP contribution in [0.25, 0.3) is 0 Å². The first kappa shape index (κ1) is 19.4. The quantitative estimate of drug-likeness (QED) is 0.540. The number of aromatic nitrogens is 3. The van der Waals surface area contributed by atoms with E-state index in [4.69, 9.17) is 4.74 Å². The molecule has 1 aliphatic heterocycles. The van der Waals surface area contributed by atoms with E-state index in [9.17, 15) is 4.79 Å². The van der Waals surface area contributed by atoms with Crippen LogP contribution in [-0.4, -0.2) is 51.7 Å². The van der Waals surface area contributed by atoms with Gasteiger partial charge >= 0.3 is 0 Å². The molecule has 1 aromatic heterocycles. The summed E-state index contributed by atoms with van der Waals surface area (Å²) in [7, 11) is 1.77. The van der Waals surface area contributed by atoms with Crippen molar-refractivity contribution in [2.75, 3.05) is 31.6 Å². The van der Waals surface area contributed by atoms with Gasteiger partial charge in [-0.2, -0.15) is 4.98 Å². The minimum Gasteiger partial charge on any atom is -0.494 e. The van der Waals surface area contributed by atoms with E-state index < -0.39 is 0 Å². The predicted octanol–water partition coefficient (Wildman–Crippen LogP) is 2.88. The molecule has 2 heterocycles. The zero-order chi connectivity index (χ0) is 19.1. The van der Waals surface area contributed by atoms with Gasteiger partial charge in [0.25, 0.3) is 0 Å². The van der Waals surface area contributed by atoms with E-state index in [1.165, 1.54) is 44.8 Å². The summed E-state index contributed by atoms with van der Waals surface area (Å²) in [5, 5.41) is 7.26. The minimum absolute atomic E-state index is 0.133. The van der Waals surface area contributed by atoms with Gasteiger partial charge in [-0.1, -0.05) is 18.6 Å². The van der Waals surface area contributed by atoms with Gasteiger partial charge in [-0.3, -0.25) is 9.69 Å². The highest BCUT2D eigenvalue weighted by molar-refractivity contribution is 5.90. The highest BCUT2D eigenvalue weighted by Crippen LogP contribution is 2.17. The highest BCUT2D eigenvalue weighted by Gasteiger charge is 2.11. The van der Waals surface area contributed by atoms with Gasteiger partial charge in [-0.15, -0.1) is 5.10 Å². The van der Waals surface area contributed by atoms with Crippen molar-refractivity contribution < 1.29 is 9.53 Å². The molecule has 0 saturated carbocycles. The third-order valence-corrected chi connectivity index (χ3v) is 4.70. The molecular formula is C20H29N5O2. The Labute approximate surface area is 160 Å². The first-order chi connectivity index (χ1) is 13.1. The molecule has 0 amide bonds. The summed E-state index contributed by atoms with van der Waals surface area (Å²) in [5.74, 6) is 1.62. The molecule has 1 N–H and O–H groups in total. The molecule has 7 heteroatoms. The number of likely N-dealkylation sites (tertiary alicyclic amines) is 1. The van der Waals surface area contributed by atoms with E-state index in [2.05, 4.69) is 38.5 Å². The number of nitrogens with zero attached hydrogens (tertiary/aromatic N) is 4. The van der Waals surface area contributed by atoms with Gasteiger partial charge in [-0.05, 0) is 50.0 Å². The standard InChI is InChI=1S/C20H29N5O2/c1-16(26)19-22-20(24(2)23-19)21-10-7-13-27-18-9-6-8-17(14-18)15-25-11-4-3-5-12-25/h6,8-9,14H,3-5,7,10-13,15H2,1-2H3,(H,21,22,23). The van der Waals surface area contributed by atoms with Crippen LogP contribution in [0.2, 0.25) is 0 Å². The third kappa shape index (κ3) is 5.79. The molecule has 1 fully saturated rings. The van der Waals surface area contributed by atoms with Crippen LogP contribution >= 0.6 is 0 Å². The van der Waals surface area contributed by atoms with E-state index in [-0.39, 0.29) is 11.6 Å². The number of carbonyl (C=O) groups is 1. The number of carbonyl (C=O) groups excluding carboxylic acids is 1. The summed E-state index contributed by atoms with van der Waals surface area (Å²) < 4.78 is 7.48. The lowest BCUT2D eigenvalue weighted by atomic mass is 10.1. The number of piperidine rings is 1. The van der Waals surface area contributed by atoms with Crippen LogP contribution in [0.3, 0.4) is 0 Å². The molecule has 3 rings (SSSR count). The summed E-state index contributed by atoms with van der Waals surface area (Å²) >= 11 is 0. The third-order valence-electron chi connectivity index (χ3n) is 4.70. The van der Waals surface area contributed by atoms with Crippen LogP contribution in [0.1, 0.15) is 48.8 Å². The summed E-state index contributed by atoms with van der Waals surface area (Å²) in [6.07, 6.45) is 4.81. The molecule has 0 radical (unpaired) electrons. The molecule has 2 aromatic rings. The van der Waals surface area contributed by atoms with Crippen molar-refractivity contribution in [2.45, 2.75) is 39.2 Å². The van der Waals surface area contributed by atoms with Crippen LogP contribution in [0.15, 0.2) is 24.3 Å². The number of anilines is 1. The first-order valence-electron chi connectivity index (χ1n) is 9.72. The Morgan fingerprint density at radius 1 is 1.26 bits per heavy atom. The normalized spacial score (nSPS) is 14.9. The second-order valence-corrected chi connectivity index (χ2v) is 7.05. The van der Waals surface area contributed by atoms with Crippen LogP contribution < -0.4 is 10.1 Å². The smallest absolute Gasteiger partial charge is 0.221 e. The van der Waals surface area contributed by atoms with Crippen molar-refractivity contribution in [3.05, 3.63) is 35.7 Å². The molecule has 7 nitrogen and oxygen atoms in total. The summed E-state index contributed by atoms with van der Waals surface area (Å²) in [5.41, 5.74) is 1.31. The van der Waals surface area contributed by atoms with Gasteiger partial charge in [0, 0.05) is 27.1 Å². The summed E-state index contributed by atoms with van der Waals surface area (Å²) in [6, 6.07) is 8.39. The molecule has 0 atom stereocenters. The molecular weight excluding hydrogens is 342 g/mol. The van der Waals surface area contributed by atoms with Gasteiger partial charge in [0.2, 0.25) is 11.8 Å². The Kier molecular flexibility index (Phi) is 6.81. The summed E-state index contributed by atoms with van der Waals surface area (Å²) in [4.78, 5) is 18.0. The van der Waals surface area contributed by atoms with E-state index >= 15 is 0 Å². The van der Waals surface area contributed by atoms with E-state index in [1.54, 1.807) is 11.7 Å². The zero-order valence-corrected chi connectivity index (χ0v) is 16.3. The monoisotopic (exact) mass is 371 g/mol. The van der Waals surface area contributed by atoms with Gasteiger partial charge in [0.05, 0.1) is 6.61 Å². The van der Waals surface area contributed by atoms with E-state index in [0.717, 1.165) is 18.7 Å². The minimum atomic E-state index is -0.133. The van der Waals surface area contributed by atoms with Crippen molar-refractivity contribution in [2.24, 2.45) is 7.05 Å². The van der Waals surface area contributed by atoms with Gasteiger partial charge in [0.15, 0.2) is 5.78 Å². The van der Waals surface area contributed by atoms with E-state index in [1.807, 2.05) is 6.07 Å².